The van der Waals surface area contributed by atoms with Gasteiger partial charge in [-0.25, -0.2) is 8.42 Å². The molecule has 0 bridgehead atoms. The number of thioether (sulfide) groups is 1. The summed E-state index contributed by atoms with van der Waals surface area (Å²) in [5.74, 6) is -1.60. The largest absolute Gasteiger partial charge is 0.506 e. The van der Waals surface area contributed by atoms with Gasteiger partial charge in [0.1, 0.15) is 16.2 Å². The Morgan fingerprint density at radius 2 is 1.79 bits per heavy atom. The summed E-state index contributed by atoms with van der Waals surface area (Å²) in [4.78, 5) is 25.1. The molecule has 158 valence electrons. The van der Waals surface area contributed by atoms with Gasteiger partial charge in [-0.05, 0) is 36.6 Å². The number of aliphatic hydroxyl groups is 1. The number of hydrogen-bond acceptors (Lipinski definition) is 7. The van der Waals surface area contributed by atoms with E-state index in [9.17, 15) is 28.2 Å². The van der Waals surface area contributed by atoms with E-state index in [1.54, 1.807) is 11.8 Å². The first kappa shape index (κ1) is 22.2. The molecule has 0 aliphatic heterocycles. The molecule has 29 heavy (non-hydrogen) atoms. The molecule has 2 aliphatic carbocycles. The van der Waals surface area contributed by atoms with E-state index in [1.807, 2.05) is 6.92 Å². The number of sulfone groups is 1. The quantitative estimate of drug-likeness (QED) is 0.377. The van der Waals surface area contributed by atoms with Gasteiger partial charge >= 0.3 is 0 Å². The van der Waals surface area contributed by atoms with E-state index in [2.05, 4.69) is 0 Å². The van der Waals surface area contributed by atoms with E-state index in [0.717, 1.165) is 24.7 Å². The van der Waals surface area contributed by atoms with Gasteiger partial charge in [-0.2, -0.15) is 11.8 Å². The molecule has 0 atom stereocenters. The molecule has 3 rings (SSSR count). The van der Waals surface area contributed by atoms with Crippen LogP contribution in [0.1, 0.15) is 45.1 Å². The third-order valence-electron chi connectivity index (χ3n) is 5.63. The molecule has 1 aromatic rings. The van der Waals surface area contributed by atoms with Gasteiger partial charge in [-0.15, -0.1) is 0 Å². The van der Waals surface area contributed by atoms with E-state index >= 15 is 0 Å². The predicted molar refractivity (Wildman–Crippen MR) is 113 cm³/mol. The van der Waals surface area contributed by atoms with Crippen LogP contribution in [-0.2, 0) is 19.4 Å². The fraction of sp³-hybridized carbons (Fsp3) is 0.500. The van der Waals surface area contributed by atoms with Crippen molar-refractivity contribution >= 4 is 50.5 Å². The zero-order valence-electron chi connectivity index (χ0n) is 16.2. The Bertz CT molecular complexity index is 988. The minimum atomic E-state index is -3.73. The third-order valence-corrected chi connectivity index (χ3v) is 9.37. The van der Waals surface area contributed by atoms with Crippen LogP contribution in [0.2, 0.25) is 5.02 Å². The average molecular weight is 459 g/mol. The third kappa shape index (κ3) is 3.94. The summed E-state index contributed by atoms with van der Waals surface area (Å²) >= 11 is 7.87. The van der Waals surface area contributed by atoms with Gasteiger partial charge in [-0.1, -0.05) is 25.4 Å². The first-order chi connectivity index (χ1) is 13.6. The monoisotopic (exact) mass is 458 g/mol. The number of carbonyl (C=O) groups excluding carboxylic acids is 2. The molecule has 2 aliphatic rings. The highest BCUT2D eigenvalue weighted by Crippen LogP contribution is 2.57. The lowest BCUT2D eigenvalue weighted by molar-refractivity contribution is -0.125. The second-order valence-electron chi connectivity index (χ2n) is 7.35. The first-order valence-electron chi connectivity index (χ1n) is 9.46. The Labute approximate surface area is 179 Å². The van der Waals surface area contributed by atoms with Crippen LogP contribution in [0, 0.1) is 5.92 Å². The molecular weight excluding hydrogens is 436 g/mol. The Balaban J connectivity index is 1.97. The number of allylic oxidation sites excluding steroid dienone is 1. The Morgan fingerprint density at radius 3 is 2.28 bits per heavy atom. The lowest BCUT2D eigenvalue weighted by Crippen LogP contribution is -2.33. The van der Waals surface area contributed by atoms with Crippen molar-refractivity contribution in [3.63, 3.8) is 0 Å². The number of aromatic hydroxyl groups is 1. The summed E-state index contributed by atoms with van der Waals surface area (Å²) in [6.07, 6.45) is 2.30. The van der Waals surface area contributed by atoms with Gasteiger partial charge in [0.05, 0.1) is 10.8 Å². The van der Waals surface area contributed by atoms with Crippen LogP contribution in [-0.4, -0.2) is 46.5 Å². The van der Waals surface area contributed by atoms with Gasteiger partial charge in [0.25, 0.3) is 0 Å². The zero-order valence-corrected chi connectivity index (χ0v) is 18.6. The maximum atomic E-state index is 12.7. The molecule has 2 N–H and O–H groups in total. The number of ketones is 2. The molecular formula is C20H23ClO6S2. The van der Waals surface area contributed by atoms with Crippen LogP contribution in [0.5, 0.6) is 5.75 Å². The summed E-state index contributed by atoms with van der Waals surface area (Å²) in [7, 11) is -3.73. The van der Waals surface area contributed by atoms with Crippen molar-refractivity contribution in [1.29, 1.82) is 0 Å². The Morgan fingerprint density at radius 1 is 1.21 bits per heavy atom. The van der Waals surface area contributed by atoms with Gasteiger partial charge in [0, 0.05) is 23.2 Å². The lowest BCUT2D eigenvalue weighted by Gasteiger charge is -2.29. The number of benzene rings is 1. The number of halogens is 1. The average Bonchev–Trinajstić information content (AvgIpc) is 3.44. The number of Topliss-reactive ketones (excluding diaryl/α,β-unsaturated/α-hetero) is 2. The standard InChI is InChI=1S/C20H23ClO6S2/c1-3-28-20(7-8-20)11-9-13(22)16(14(23)10-11)18(24)12-5-6-15(19(25)17(12)21)29(26,27)4-2/h5-6,11,24-25H,3-4,7-10H2,1-2H3. The highest BCUT2D eigenvalue weighted by Gasteiger charge is 2.52. The molecule has 0 heterocycles. The van der Waals surface area contributed by atoms with Gasteiger partial charge in [0.2, 0.25) is 0 Å². The normalized spacial score (nSPS) is 21.3. The van der Waals surface area contributed by atoms with Crippen molar-refractivity contribution in [3.05, 3.63) is 28.3 Å². The van der Waals surface area contributed by atoms with Crippen molar-refractivity contribution < 1.29 is 28.2 Å². The molecule has 0 amide bonds. The van der Waals surface area contributed by atoms with Crippen LogP contribution in [0.4, 0.5) is 0 Å². The molecule has 9 heteroatoms. The first-order valence-corrected chi connectivity index (χ1v) is 12.5. The van der Waals surface area contributed by atoms with Crippen molar-refractivity contribution in [2.45, 2.75) is 49.2 Å². The fourth-order valence-corrected chi connectivity index (χ4v) is 6.53. The predicted octanol–water partition coefficient (Wildman–Crippen LogP) is 3.94. The smallest absolute Gasteiger partial charge is 0.181 e. The minimum Gasteiger partial charge on any atom is -0.506 e. The number of carbonyl (C=O) groups is 2. The summed E-state index contributed by atoms with van der Waals surface area (Å²) < 4.78 is 24.1. The molecule has 6 nitrogen and oxygen atoms in total. The Hall–Kier alpha value is -1.51. The number of aliphatic hydroxyl groups excluding tert-OH is 1. The van der Waals surface area contributed by atoms with E-state index in [-0.39, 0.29) is 45.3 Å². The van der Waals surface area contributed by atoms with Crippen molar-refractivity contribution in [2.24, 2.45) is 5.92 Å². The summed E-state index contributed by atoms with van der Waals surface area (Å²) in [6.45, 7) is 3.47. The number of rotatable bonds is 6. The molecule has 2 saturated carbocycles. The second kappa shape index (κ2) is 7.96. The Kier molecular flexibility index (Phi) is 6.09. The summed E-state index contributed by atoms with van der Waals surface area (Å²) in [5.41, 5.74) is -0.468. The maximum absolute atomic E-state index is 12.7. The molecule has 2 fully saturated rings. The molecule has 0 aromatic heterocycles. The molecule has 0 unspecified atom stereocenters. The molecule has 0 spiro atoms. The van der Waals surface area contributed by atoms with Crippen LogP contribution in [0.3, 0.4) is 0 Å². The zero-order chi connectivity index (χ0) is 21.6. The van der Waals surface area contributed by atoms with E-state index in [1.165, 1.54) is 13.0 Å². The maximum Gasteiger partial charge on any atom is 0.181 e. The second-order valence-corrected chi connectivity index (χ2v) is 11.7. The van der Waals surface area contributed by atoms with Gasteiger partial charge in [-0.3, -0.25) is 9.59 Å². The highest BCUT2D eigenvalue weighted by atomic mass is 35.5. The molecule has 0 saturated heterocycles. The van der Waals surface area contributed by atoms with Crippen LogP contribution in [0.25, 0.3) is 5.76 Å². The van der Waals surface area contributed by atoms with Crippen LogP contribution >= 0.6 is 23.4 Å². The van der Waals surface area contributed by atoms with Crippen LogP contribution < -0.4 is 0 Å². The van der Waals surface area contributed by atoms with Crippen LogP contribution in [0.15, 0.2) is 22.6 Å². The van der Waals surface area contributed by atoms with Crippen molar-refractivity contribution in [3.8, 4) is 5.75 Å². The van der Waals surface area contributed by atoms with Gasteiger partial charge in [0.15, 0.2) is 27.2 Å². The van der Waals surface area contributed by atoms with E-state index in [0.29, 0.717) is 0 Å². The van der Waals surface area contributed by atoms with Gasteiger partial charge < -0.3 is 10.2 Å². The molecule has 1 aromatic carbocycles. The number of phenolic OH excluding ortho intramolecular Hbond substituents is 1. The van der Waals surface area contributed by atoms with Crippen molar-refractivity contribution in [2.75, 3.05) is 11.5 Å². The highest BCUT2D eigenvalue weighted by molar-refractivity contribution is 8.00. The fourth-order valence-electron chi connectivity index (χ4n) is 3.87. The SMILES string of the molecule is CCSC1(C2CC(=O)C(=C(O)c3ccc(S(=O)(=O)CC)c(O)c3Cl)C(=O)C2)CC1. The number of phenols is 1. The minimum absolute atomic E-state index is 0.0205. The van der Waals surface area contributed by atoms with E-state index < -0.39 is 37.9 Å². The van der Waals surface area contributed by atoms with E-state index in [4.69, 9.17) is 11.6 Å². The van der Waals surface area contributed by atoms with Crippen molar-refractivity contribution in [1.82, 2.24) is 0 Å². The topological polar surface area (TPSA) is 109 Å². The molecule has 0 radical (unpaired) electrons. The summed E-state index contributed by atoms with van der Waals surface area (Å²) in [5, 5.41) is 20.5. The lowest BCUT2D eigenvalue weighted by atomic mass is 9.79. The number of hydrogen-bond donors (Lipinski definition) is 2. The summed E-state index contributed by atoms with van der Waals surface area (Å²) in [6, 6.07) is 2.32.